The lowest BCUT2D eigenvalue weighted by atomic mass is 9.96. The largest absolute Gasteiger partial charge is 0.269 e. The van der Waals surface area contributed by atoms with E-state index in [1.807, 2.05) is 6.07 Å². The van der Waals surface area contributed by atoms with Gasteiger partial charge in [-0.25, -0.2) is 0 Å². The van der Waals surface area contributed by atoms with E-state index < -0.39 is 0 Å². The number of non-ortho nitro benzene ring substituents is 1. The van der Waals surface area contributed by atoms with Crippen LogP contribution in [-0.4, -0.2) is 4.92 Å². The summed E-state index contributed by atoms with van der Waals surface area (Å²) in [5.74, 6) is 0.453. The Morgan fingerprint density at radius 1 is 1.20 bits per heavy atom. The number of nitrogens with zero attached hydrogens (tertiary/aromatic N) is 1. The average molecular weight is 332 g/mol. The molecule has 4 heteroatoms. The summed E-state index contributed by atoms with van der Waals surface area (Å²) in [5, 5.41) is 10.8. The van der Waals surface area contributed by atoms with E-state index in [1.165, 1.54) is 11.1 Å². The Morgan fingerprint density at radius 3 is 2.75 bits per heavy atom. The van der Waals surface area contributed by atoms with E-state index in [0.29, 0.717) is 10.7 Å². The monoisotopic (exact) mass is 331 g/mol. The third-order valence-electron chi connectivity index (χ3n) is 3.87. The molecule has 3 rings (SSSR count). The molecule has 1 aliphatic rings. The van der Waals surface area contributed by atoms with E-state index in [0.717, 1.165) is 18.4 Å². The van der Waals surface area contributed by atoms with E-state index in [-0.39, 0.29) is 10.6 Å². The molecule has 0 N–H and O–H groups in total. The molecule has 1 aliphatic carbocycles. The van der Waals surface area contributed by atoms with Crippen molar-refractivity contribution in [2.75, 3.05) is 0 Å². The summed E-state index contributed by atoms with van der Waals surface area (Å²) in [6, 6.07) is 15.4. The SMILES string of the molecule is O=[N+]([O-])c1cccc(CC2Cc3ccccc3C2Br)c1. The van der Waals surface area contributed by atoms with Crippen molar-refractivity contribution in [2.24, 2.45) is 5.92 Å². The molecule has 0 spiro atoms. The maximum absolute atomic E-state index is 10.8. The van der Waals surface area contributed by atoms with Gasteiger partial charge >= 0.3 is 0 Å². The third kappa shape index (κ3) is 2.48. The van der Waals surface area contributed by atoms with Crippen LogP contribution in [0.2, 0.25) is 0 Å². The fraction of sp³-hybridized carbons (Fsp3) is 0.250. The Hall–Kier alpha value is -1.68. The van der Waals surface area contributed by atoms with Gasteiger partial charge in [0.05, 0.1) is 4.92 Å². The Labute approximate surface area is 125 Å². The van der Waals surface area contributed by atoms with Gasteiger partial charge in [-0.1, -0.05) is 52.3 Å². The molecule has 0 bridgehead atoms. The van der Waals surface area contributed by atoms with Crippen LogP contribution in [0.4, 0.5) is 5.69 Å². The first-order valence-electron chi connectivity index (χ1n) is 6.60. The topological polar surface area (TPSA) is 43.1 Å². The summed E-state index contributed by atoms with van der Waals surface area (Å²) in [6.07, 6.45) is 1.88. The van der Waals surface area contributed by atoms with Crippen LogP contribution in [0.15, 0.2) is 48.5 Å². The number of hydrogen-bond donors (Lipinski definition) is 0. The highest BCUT2D eigenvalue weighted by Crippen LogP contribution is 2.43. The minimum absolute atomic E-state index is 0.170. The third-order valence-corrected chi connectivity index (χ3v) is 5.11. The molecule has 0 aromatic heterocycles. The van der Waals surface area contributed by atoms with Crippen LogP contribution >= 0.6 is 15.9 Å². The van der Waals surface area contributed by atoms with Crippen molar-refractivity contribution in [3.8, 4) is 0 Å². The Kier molecular flexibility index (Phi) is 3.57. The minimum Gasteiger partial charge on any atom is -0.258 e. The molecule has 0 saturated heterocycles. The number of hydrogen-bond acceptors (Lipinski definition) is 2. The van der Waals surface area contributed by atoms with Crippen molar-refractivity contribution >= 4 is 21.6 Å². The highest BCUT2D eigenvalue weighted by atomic mass is 79.9. The number of nitro groups is 1. The predicted octanol–water partition coefficient (Wildman–Crippen LogP) is 4.45. The van der Waals surface area contributed by atoms with Gasteiger partial charge in [-0.3, -0.25) is 10.1 Å². The van der Waals surface area contributed by atoms with E-state index in [9.17, 15) is 10.1 Å². The smallest absolute Gasteiger partial charge is 0.258 e. The zero-order valence-corrected chi connectivity index (χ0v) is 12.4. The molecule has 2 atom stereocenters. The molecule has 2 unspecified atom stereocenters. The average Bonchev–Trinajstić information content (AvgIpc) is 2.76. The van der Waals surface area contributed by atoms with Crippen molar-refractivity contribution < 1.29 is 4.92 Å². The number of alkyl halides is 1. The maximum Gasteiger partial charge on any atom is 0.269 e. The van der Waals surface area contributed by atoms with Gasteiger partial charge in [-0.15, -0.1) is 0 Å². The van der Waals surface area contributed by atoms with Gasteiger partial charge in [0.25, 0.3) is 5.69 Å². The molecule has 2 aromatic carbocycles. The minimum atomic E-state index is -0.335. The maximum atomic E-state index is 10.8. The molecule has 0 heterocycles. The summed E-state index contributed by atoms with van der Waals surface area (Å²) < 4.78 is 0. The Bertz CT molecular complexity index is 656. The van der Waals surface area contributed by atoms with Gasteiger partial charge in [0, 0.05) is 17.0 Å². The molecular weight excluding hydrogens is 318 g/mol. The van der Waals surface area contributed by atoms with Crippen LogP contribution in [0.1, 0.15) is 21.5 Å². The fourth-order valence-corrected chi connectivity index (χ4v) is 3.72. The predicted molar refractivity (Wildman–Crippen MR) is 82.1 cm³/mol. The normalized spacial score (nSPS) is 20.6. The van der Waals surface area contributed by atoms with Crippen molar-refractivity contribution in [2.45, 2.75) is 17.7 Å². The molecular formula is C16H14BrNO2. The first-order valence-corrected chi connectivity index (χ1v) is 7.52. The number of rotatable bonds is 3. The molecule has 0 aliphatic heterocycles. The van der Waals surface area contributed by atoms with Gasteiger partial charge in [0.1, 0.15) is 0 Å². The highest BCUT2D eigenvalue weighted by Gasteiger charge is 2.30. The summed E-state index contributed by atoms with van der Waals surface area (Å²) in [7, 11) is 0. The van der Waals surface area contributed by atoms with Crippen LogP contribution in [0.25, 0.3) is 0 Å². The number of fused-ring (bicyclic) bond motifs is 1. The van der Waals surface area contributed by atoms with Crippen LogP contribution in [0.5, 0.6) is 0 Å². The van der Waals surface area contributed by atoms with Gasteiger partial charge in [-0.2, -0.15) is 0 Å². The van der Waals surface area contributed by atoms with Crippen LogP contribution in [0, 0.1) is 16.0 Å². The van der Waals surface area contributed by atoms with Crippen molar-refractivity contribution in [3.05, 3.63) is 75.3 Å². The van der Waals surface area contributed by atoms with Crippen LogP contribution in [0.3, 0.4) is 0 Å². The van der Waals surface area contributed by atoms with E-state index in [1.54, 1.807) is 18.2 Å². The molecule has 102 valence electrons. The molecule has 0 radical (unpaired) electrons. The first-order chi connectivity index (χ1) is 9.65. The molecule has 0 saturated carbocycles. The zero-order chi connectivity index (χ0) is 14.1. The van der Waals surface area contributed by atoms with Crippen LogP contribution < -0.4 is 0 Å². The number of benzene rings is 2. The van der Waals surface area contributed by atoms with Crippen molar-refractivity contribution in [1.82, 2.24) is 0 Å². The number of halogens is 1. The standard InChI is InChI=1S/C16H14BrNO2/c17-16-13(10-12-5-1-2-7-15(12)16)8-11-4-3-6-14(9-11)18(19)20/h1-7,9,13,16H,8,10H2. The molecule has 2 aromatic rings. The van der Waals surface area contributed by atoms with E-state index >= 15 is 0 Å². The Morgan fingerprint density at radius 2 is 2.00 bits per heavy atom. The lowest BCUT2D eigenvalue weighted by Crippen LogP contribution is -2.06. The highest BCUT2D eigenvalue weighted by molar-refractivity contribution is 9.09. The summed E-state index contributed by atoms with van der Waals surface area (Å²) in [5.41, 5.74) is 3.93. The Balaban J connectivity index is 1.80. The quantitative estimate of drug-likeness (QED) is 0.474. The lowest BCUT2D eigenvalue weighted by Gasteiger charge is -2.14. The van der Waals surface area contributed by atoms with E-state index in [2.05, 4.69) is 40.2 Å². The molecule has 3 nitrogen and oxygen atoms in total. The lowest BCUT2D eigenvalue weighted by molar-refractivity contribution is -0.384. The number of nitro benzene ring substituents is 1. The second-order valence-corrected chi connectivity index (χ2v) is 6.18. The van der Waals surface area contributed by atoms with Gasteiger partial charge < -0.3 is 0 Å². The second kappa shape index (κ2) is 5.37. The zero-order valence-electron chi connectivity index (χ0n) is 10.8. The molecule has 20 heavy (non-hydrogen) atoms. The van der Waals surface area contributed by atoms with Gasteiger partial charge in [-0.05, 0) is 35.4 Å². The van der Waals surface area contributed by atoms with Crippen LogP contribution in [-0.2, 0) is 12.8 Å². The van der Waals surface area contributed by atoms with Crippen molar-refractivity contribution in [3.63, 3.8) is 0 Å². The second-order valence-electron chi connectivity index (χ2n) is 5.20. The molecule has 0 amide bonds. The van der Waals surface area contributed by atoms with Crippen molar-refractivity contribution in [1.29, 1.82) is 0 Å². The first kappa shape index (κ1) is 13.3. The summed E-state index contributed by atoms with van der Waals surface area (Å²) in [4.78, 5) is 10.8. The van der Waals surface area contributed by atoms with Gasteiger partial charge in [0.2, 0.25) is 0 Å². The summed E-state index contributed by atoms with van der Waals surface area (Å²) in [6.45, 7) is 0. The molecule has 0 fully saturated rings. The fourth-order valence-electron chi connectivity index (χ4n) is 2.90. The summed E-state index contributed by atoms with van der Waals surface area (Å²) >= 11 is 3.77. The van der Waals surface area contributed by atoms with E-state index in [4.69, 9.17) is 0 Å². The van der Waals surface area contributed by atoms with Gasteiger partial charge in [0.15, 0.2) is 0 Å².